The van der Waals surface area contributed by atoms with E-state index >= 15 is 0 Å². The van der Waals surface area contributed by atoms with Gasteiger partial charge in [-0.05, 0) is 18.9 Å². The lowest BCUT2D eigenvalue weighted by atomic mass is 10.1. The first-order chi connectivity index (χ1) is 10.5. The Labute approximate surface area is 155 Å². The van der Waals surface area contributed by atoms with Gasteiger partial charge in [0, 0.05) is 0 Å². The molecule has 0 aromatic heterocycles. The van der Waals surface area contributed by atoms with E-state index in [0.717, 1.165) is 17.6 Å². The van der Waals surface area contributed by atoms with E-state index in [1.165, 1.54) is 76.8 Å². The molecule has 0 aromatic rings. The van der Waals surface area contributed by atoms with Gasteiger partial charge in [0.15, 0.2) is 0 Å². The van der Waals surface area contributed by atoms with Gasteiger partial charge in [0.05, 0.1) is 33.7 Å². The highest BCUT2D eigenvalue weighted by molar-refractivity contribution is 5.86. The predicted octanol–water partition coefficient (Wildman–Crippen LogP) is 1.29. The summed E-state index contributed by atoms with van der Waals surface area (Å²) in [5.74, 6) is -0.0704. The van der Waals surface area contributed by atoms with Crippen molar-refractivity contribution < 1.29 is 26.3 Å². The third kappa shape index (κ3) is 17.8. The van der Waals surface area contributed by atoms with Gasteiger partial charge in [-0.2, -0.15) is 0 Å². The third-order valence-corrected chi connectivity index (χ3v) is 4.32. The summed E-state index contributed by atoms with van der Waals surface area (Å²) in [4.78, 5) is 11.1. The van der Waals surface area contributed by atoms with Crippen molar-refractivity contribution in [3.63, 3.8) is 0 Å². The van der Waals surface area contributed by atoms with Crippen LogP contribution in [0, 0.1) is 0 Å². The van der Waals surface area contributed by atoms with Crippen molar-refractivity contribution in [1.29, 1.82) is 0 Å². The zero-order valence-electron chi connectivity index (χ0n) is 15.7. The number of nitrogens with zero attached hydrogens (tertiary/aromatic N) is 1. The quantitative estimate of drug-likeness (QED) is 0.254. The molecule has 0 rings (SSSR count). The van der Waals surface area contributed by atoms with Gasteiger partial charge in [-0.1, -0.05) is 64.9 Å². The first-order valence-electron chi connectivity index (χ1n) is 9.24. The number of rotatable bonds is 15. The van der Waals surface area contributed by atoms with Gasteiger partial charge in [0.25, 0.3) is 0 Å². The molecular weight excluding hydrogens is 352 g/mol. The zero-order valence-corrected chi connectivity index (χ0v) is 17.3. The Hall–Kier alpha value is -0.350. The van der Waals surface area contributed by atoms with Crippen LogP contribution in [0.25, 0.3) is 0 Å². The van der Waals surface area contributed by atoms with Crippen LogP contribution in [0.15, 0.2) is 12.7 Å². The lowest BCUT2D eigenvalue weighted by Crippen LogP contribution is -3.00. The Balaban J connectivity index is 0. The summed E-state index contributed by atoms with van der Waals surface area (Å²) in [6.07, 6.45) is 15.2. The molecule has 1 amide bonds. The first-order valence-corrected chi connectivity index (χ1v) is 9.24. The second kappa shape index (κ2) is 16.5. The average molecular weight is 391 g/mol. The number of hydrogen-bond donors (Lipinski definition) is 1. The van der Waals surface area contributed by atoms with Crippen LogP contribution in [0.4, 0.5) is 0 Å². The Morgan fingerprint density at radius 1 is 0.913 bits per heavy atom. The Morgan fingerprint density at radius 2 is 1.39 bits per heavy atom. The van der Waals surface area contributed by atoms with Gasteiger partial charge in [-0.15, -0.1) is 0 Å². The van der Waals surface area contributed by atoms with Crippen LogP contribution in [0.5, 0.6) is 0 Å². The molecule has 0 aliphatic rings. The summed E-state index contributed by atoms with van der Waals surface area (Å²) in [6, 6.07) is 0. The second-order valence-corrected chi connectivity index (χ2v) is 7.06. The Bertz CT molecular complexity index is 293. The molecule has 0 aromatic carbocycles. The monoisotopic (exact) mass is 390 g/mol. The predicted molar refractivity (Wildman–Crippen MR) is 96.9 cm³/mol. The summed E-state index contributed by atoms with van der Waals surface area (Å²) in [7, 11) is 4.49. The van der Waals surface area contributed by atoms with E-state index < -0.39 is 0 Å². The highest BCUT2D eigenvalue weighted by Crippen LogP contribution is 2.11. The molecule has 138 valence electrons. The van der Waals surface area contributed by atoms with Crippen LogP contribution in [-0.2, 0) is 4.79 Å². The largest absolute Gasteiger partial charge is 1.00 e. The fraction of sp³-hybridized carbons (Fsp3) is 0.842. The molecule has 0 spiro atoms. The number of carbonyl (C=O) groups excluding carboxylic acids is 1. The van der Waals surface area contributed by atoms with Crippen molar-refractivity contribution in [2.75, 3.05) is 33.7 Å². The zero-order chi connectivity index (χ0) is 16.7. The van der Waals surface area contributed by atoms with Crippen LogP contribution >= 0.6 is 0 Å². The molecule has 0 unspecified atom stereocenters. The maximum Gasteiger partial charge on any atom is 0.243 e. The highest BCUT2D eigenvalue weighted by Gasteiger charge is 2.13. The van der Waals surface area contributed by atoms with Crippen LogP contribution < -0.4 is 22.3 Å². The summed E-state index contributed by atoms with van der Waals surface area (Å²) >= 11 is 0. The summed E-state index contributed by atoms with van der Waals surface area (Å²) in [5.41, 5.74) is 0. The molecule has 0 aliphatic carbocycles. The SMILES string of the molecule is C=CC(=O)NCC[N+](C)(C)CCCCCCCCCCCC.[Br-]. The van der Waals surface area contributed by atoms with E-state index in [1.54, 1.807) is 0 Å². The number of amides is 1. The maximum atomic E-state index is 11.1. The molecule has 0 fully saturated rings. The van der Waals surface area contributed by atoms with Crippen LogP contribution in [0.3, 0.4) is 0 Å². The van der Waals surface area contributed by atoms with Gasteiger partial charge in [-0.3, -0.25) is 4.79 Å². The minimum atomic E-state index is -0.0704. The summed E-state index contributed by atoms with van der Waals surface area (Å²) < 4.78 is 0.981. The van der Waals surface area contributed by atoms with E-state index in [-0.39, 0.29) is 22.9 Å². The van der Waals surface area contributed by atoms with E-state index in [4.69, 9.17) is 0 Å². The fourth-order valence-corrected chi connectivity index (χ4v) is 2.69. The second-order valence-electron chi connectivity index (χ2n) is 7.06. The van der Waals surface area contributed by atoms with Crippen molar-refractivity contribution in [3.8, 4) is 0 Å². The van der Waals surface area contributed by atoms with Gasteiger partial charge >= 0.3 is 0 Å². The van der Waals surface area contributed by atoms with E-state index in [0.29, 0.717) is 0 Å². The molecule has 0 heterocycles. The first kappa shape index (κ1) is 24.9. The van der Waals surface area contributed by atoms with Gasteiger partial charge < -0.3 is 26.8 Å². The number of hydrogen-bond acceptors (Lipinski definition) is 1. The molecule has 4 heteroatoms. The number of halogens is 1. The Kier molecular flexibility index (Phi) is 17.9. The normalized spacial score (nSPS) is 10.9. The molecule has 1 N–H and O–H groups in total. The summed E-state index contributed by atoms with van der Waals surface area (Å²) in [5, 5.41) is 2.86. The smallest absolute Gasteiger partial charge is 0.243 e. The van der Waals surface area contributed by atoms with Gasteiger partial charge in [-0.25, -0.2) is 0 Å². The van der Waals surface area contributed by atoms with Crippen molar-refractivity contribution in [1.82, 2.24) is 5.32 Å². The molecule has 0 aliphatic heterocycles. The third-order valence-electron chi connectivity index (χ3n) is 4.32. The van der Waals surface area contributed by atoms with Crippen LogP contribution in [-0.4, -0.2) is 44.1 Å². The fourth-order valence-electron chi connectivity index (χ4n) is 2.69. The molecule has 0 radical (unpaired) electrons. The molecule has 0 saturated carbocycles. The van der Waals surface area contributed by atoms with E-state index in [2.05, 4.69) is 32.9 Å². The number of carbonyl (C=O) groups is 1. The molecular formula is C19H39BrN2O. The van der Waals surface area contributed by atoms with Crippen molar-refractivity contribution in [2.24, 2.45) is 0 Å². The molecule has 0 bridgehead atoms. The van der Waals surface area contributed by atoms with Crippen molar-refractivity contribution >= 4 is 5.91 Å². The molecule has 0 saturated heterocycles. The minimum absolute atomic E-state index is 0. The van der Waals surface area contributed by atoms with Crippen LogP contribution in [0.2, 0.25) is 0 Å². The lowest BCUT2D eigenvalue weighted by Gasteiger charge is -2.29. The highest BCUT2D eigenvalue weighted by atomic mass is 79.9. The number of unbranched alkanes of at least 4 members (excludes halogenated alkanes) is 9. The van der Waals surface area contributed by atoms with E-state index in [1.807, 2.05) is 0 Å². The molecule has 3 nitrogen and oxygen atoms in total. The van der Waals surface area contributed by atoms with E-state index in [9.17, 15) is 4.79 Å². The average Bonchev–Trinajstić information content (AvgIpc) is 2.48. The van der Waals surface area contributed by atoms with Crippen molar-refractivity contribution in [2.45, 2.75) is 71.1 Å². The Morgan fingerprint density at radius 3 is 1.87 bits per heavy atom. The standard InChI is InChI=1S/C19H38N2O.BrH/c1-5-7-8-9-10-11-12-13-14-15-17-21(3,4)18-16-20-19(22)6-2;/h6H,2,5,7-18H2,1,3-4H3;1H. The lowest BCUT2D eigenvalue weighted by molar-refractivity contribution is -0.889. The summed E-state index contributed by atoms with van der Waals surface area (Å²) in [6.45, 7) is 8.65. The van der Waals surface area contributed by atoms with Crippen LogP contribution in [0.1, 0.15) is 71.1 Å². The maximum absolute atomic E-state index is 11.1. The van der Waals surface area contributed by atoms with Crippen molar-refractivity contribution in [3.05, 3.63) is 12.7 Å². The molecule has 0 atom stereocenters. The number of nitrogens with one attached hydrogen (secondary N) is 1. The number of likely N-dealkylation sites (N-methyl/N-ethyl adjacent to an activating group) is 1. The van der Waals surface area contributed by atoms with Gasteiger partial charge in [0.2, 0.25) is 5.91 Å². The topological polar surface area (TPSA) is 29.1 Å². The van der Waals surface area contributed by atoms with Gasteiger partial charge in [0.1, 0.15) is 0 Å². The molecule has 23 heavy (non-hydrogen) atoms. The number of quaternary nitrogens is 1. The minimum Gasteiger partial charge on any atom is -1.00 e.